The van der Waals surface area contributed by atoms with Gasteiger partial charge in [-0.25, -0.2) is 4.98 Å². The molecule has 2 aromatic carbocycles. The van der Waals surface area contributed by atoms with Gasteiger partial charge in [-0.05, 0) is 18.2 Å². The Morgan fingerprint density at radius 3 is 2.67 bits per heavy atom. The maximum absolute atomic E-state index is 9.23. The molecule has 1 aromatic heterocycles. The lowest BCUT2D eigenvalue weighted by atomic mass is 10.1. The van der Waals surface area contributed by atoms with Crippen LogP contribution >= 0.6 is 11.6 Å². The maximum Gasteiger partial charge on any atom is 0.232 e. The molecule has 0 fully saturated rings. The maximum atomic E-state index is 9.23. The van der Waals surface area contributed by atoms with Crippen molar-refractivity contribution in [2.75, 3.05) is 0 Å². The Bertz CT molecular complexity index is 840. The molecular weight excluding hydrogens is 284 g/mol. The van der Waals surface area contributed by atoms with Gasteiger partial charge in [0.05, 0.1) is 5.52 Å². The molecule has 0 aliphatic carbocycles. The van der Waals surface area contributed by atoms with Gasteiger partial charge < -0.3 is 4.74 Å². The summed E-state index contributed by atoms with van der Waals surface area (Å²) in [5.74, 6) is 0.330. The van der Waals surface area contributed by atoms with Gasteiger partial charge in [0, 0.05) is 16.0 Å². The minimum atomic E-state index is 0.277. The Morgan fingerprint density at radius 2 is 1.86 bits per heavy atom. The standard InChI is InChI=1S/C17H11ClN2O/c18-15-7-3-1-6-13(15)11-21-17-14(10-19)9-12-5-2-4-8-16(12)20-17/h1-9H,11H2. The van der Waals surface area contributed by atoms with Gasteiger partial charge >= 0.3 is 0 Å². The van der Waals surface area contributed by atoms with Crippen LogP contribution in [0.1, 0.15) is 11.1 Å². The minimum absolute atomic E-state index is 0.277. The Kier molecular flexibility index (Phi) is 3.72. The zero-order valence-corrected chi connectivity index (χ0v) is 11.8. The lowest BCUT2D eigenvalue weighted by Crippen LogP contribution is -2.00. The van der Waals surface area contributed by atoms with E-state index < -0.39 is 0 Å². The van der Waals surface area contributed by atoms with Crippen molar-refractivity contribution in [3.05, 3.63) is 70.7 Å². The van der Waals surface area contributed by atoms with Crippen LogP contribution in [0.25, 0.3) is 10.9 Å². The van der Waals surface area contributed by atoms with Crippen LogP contribution in [0.4, 0.5) is 0 Å². The van der Waals surface area contributed by atoms with Crippen LogP contribution in [-0.4, -0.2) is 4.98 Å². The van der Waals surface area contributed by atoms with Crippen molar-refractivity contribution in [1.29, 1.82) is 5.26 Å². The van der Waals surface area contributed by atoms with E-state index in [1.165, 1.54) is 0 Å². The second-order valence-electron chi connectivity index (χ2n) is 4.53. The number of rotatable bonds is 3. The minimum Gasteiger partial charge on any atom is -0.472 e. The average Bonchev–Trinajstić information content (AvgIpc) is 2.53. The third-order valence-corrected chi connectivity index (χ3v) is 3.50. The van der Waals surface area contributed by atoms with Crippen molar-refractivity contribution >= 4 is 22.5 Å². The number of fused-ring (bicyclic) bond motifs is 1. The van der Waals surface area contributed by atoms with Crippen molar-refractivity contribution in [1.82, 2.24) is 4.98 Å². The van der Waals surface area contributed by atoms with E-state index in [1.54, 1.807) is 12.1 Å². The molecule has 4 heteroatoms. The van der Waals surface area contributed by atoms with E-state index in [0.29, 0.717) is 16.5 Å². The molecule has 0 saturated carbocycles. The smallest absolute Gasteiger partial charge is 0.232 e. The number of hydrogen-bond acceptors (Lipinski definition) is 3. The van der Waals surface area contributed by atoms with Crippen LogP contribution in [0.5, 0.6) is 5.88 Å². The number of pyridine rings is 1. The fourth-order valence-electron chi connectivity index (χ4n) is 2.05. The van der Waals surface area contributed by atoms with Gasteiger partial charge in [0.25, 0.3) is 0 Å². The highest BCUT2D eigenvalue weighted by Crippen LogP contribution is 2.23. The summed E-state index contributed by atoms with van der Waals surface area (Å²) >= 11 is 6.09. The van der Waals surface area contributed by atoms with Gasteiger partial charge in [0.1, 0.15) is 18.2 Å². The molecule has 1 heterocycles. The van der Waals surface area contributed by atoms with Crippen LogP contribution < -0.4 is 4.74 Å². The van der Waals surface area contributed by atoms with E-state index in [9.17, 15) is 5.26 Å². The molecule has 0 saturated heterocycles. The topological polar surface area (TPSA) is 45.9 Å². The number of nitriles is 1. The Morgan fingerprint density at radius 1 is 1.10 bits per heavy atom. The summed E-state index contributed by atoms with van der Waals surface area (Å²) in [4.78, 5) is 4.40. The van der Waals surface area contributed by atoms with Gasteiger partial charge in [-0.15, -0.1) is 0 Å². The number of aromatic nitrogens is 1. The molecule has 0 bridgehead atoms. The van der Waals surface area contributed by atoms with Gasteiger partial charge in [-0.2, -0.15) is 5.26 Å². The summed E-state index contributed by atoms with van der Waals surface area (Å²) in [6, 6.07) is 19.0. The highest BCUT2D eigenvalue weighted by Gasteiger charge is 2.09. The summed E-state index contributed by atoms with van der Waals surface area (Å²) in [6.07, 6.45) is 0. The number of ether oxygens (including phenoxy) is 1. The molecule has 0 spiro atoms. The molecule has 102 valence electrons. The van der Waals surface area contributed by atoms with Crippen molar-refractivity contribution < 1.29 is 4.74 Å². The SMILES string of the molecule is N#Cc1cc2ccccc2nc1OCc1ccccc1Cl. The quantitative estimate of drug-likeness (QED) is 0.722. The van der Waals surface area contributed by atoms with E-state index >= 15 is 0 Å². The predicted molar refractivity (Wildman–Crippen MR) is 82.2 cm³/mol. The Hall–Kier alpha value is -2.57. The van der Waals surface area contributed by atoms with Gasteiger partial charge in [0.2, 0.25) is 5.88 Å². The van der Waals surface area contributed by atoms with E-state index in [4.69, 9.17) is 16.3 Å². The monoisotopic (exact) mass is 294 g/mol. The van der Waals surface area contributed by atoms with E-state index in [0.717, 1.165) is 16.5 Å². The van der Waals surface area contributed by atoms with E-state index in [-0.39, 0.29) is 6.61 Å². The first-order valence-electron chi connectivity index (χ1n) is 6.44. The number of nitrogens with zero attached hydrogens (tertiary/aromatic N) is 2. The molecule has 0 unspecified atom stereocenters. The van der Waals surface area contributed by atoms with Crippen LogP contribution in [0.2, 0.25) is 5.02 Å². The van der Waals surface area contributed by atoms with Gasteiger partial charge in [-0.3, -0.25) is 0 Å². The average molecular weight is 295 g/mol. The first kappa shape index (κ1) is 13.4. The number of hydrogen-bond donors (Lipinski definition) is 0. The molecule has 21 heavy (non-hydrogen) atoms. The number of para-hydroxylation sites is 1. The van der Waals surface area contributed by atoms with Crippen molar-refractivity contribution in [3.63, 3.8) is 0 Å². The van der Waals surface area contributed by atoms with Crippen molar-refractivity contribution in [2.45, 2.75) is 6.61 Å². The molecule has 0 aliphatic heterocycles. The first-order chi connectivity index (χ1) is 10.3. The fraction of sp³-hybridized carbons (Fsp3) is 0.0588. The van der Waals surface area contributed by atoms with E-state index in [2.05, 4.69) is 11.1 Å². The zero-order valence-electron chi connectivity index (χ0n) is 11.1. The molecule has 3 aromatic rings. The number of benzene rings is 2. The summed E-state index contributed by atoms with van der Waals surface area (Å²) < 4.78 is 5.68. The molecule has 0 N–H and O–H groups in total. The Balaban J connectivity index is 1.93. The van der Waals surface area contributed by atoms with Gasteiger partial charge in [0.15, 0.2) is 0 Å². The first-order valence-corrected chi connectivity index (χ1v) is 6.82. The van der Waals surface area contributed by atoms with Crippen molar-refractivity contribution in [3.8, 4) is 11.9 Å². The predicted octanol–water partition coefficient (Wildman–Crippen LogP) is 4.34. The van der Waals surface area contributed by atoms with Crippen LogP contribution in [0.3, 0.4) is 0 Å². The highest BCUT2D eigenvalue weighted by molar-refractivity contribution is 6.31. The lowest BCUT2D eigenvalue weighted by molar-refractivity contribution is 0.294. The van der Waals surface area contributed by atoms with Gasteiger partial charge in [-0.1, -0.05) is 48.0 Å². The van der Waals surface area contributed by atoms with Crippen LogP contribution in [0.15, 0.2) is 54.6 Å². The summed E-state index contributed by atoms with van der Waals surface area (Å²) in [5, 5.41) is 10.8. The van der Waals surface area contributed by atoms with Crippen molar-refractivity contribution in [2.24, 2.45) is 0 Å². The third-order valence-electron chi connectivity index (χ3n) is 3.13. The third kappa shape index (κ3) is 2.81. The second-order valence-corrected chi connectivity index (χ2v) is 4.93. The van der Waals surface area contributed by atoms with Crippen LogP contribution in [0, 0.1) is 11.3 Å². The molecule has 3 rings (SSSR count). The molecule has 0 radical (unpaired) electrons. The second kappa shape index (κ2) is 5.82. The molecule has 0 amide bonds. The lowest BCUT2D eigenvalue weighted by Gasteiger charge is -2.09. The summed E-state index contributed by atoms with van der Waals surface area (Å²) in [7, 11) is 0. The summed E-state index contributed by atoms with van der Waals surface area (Å²) in [5.41, 5.74) is 2.07. The fourth-order valence-corrected chi connectivity index (χ4v) is 2.24. The zero-order chi connectivity index (χ0) is 14.7. The van der Waals surface area contributed by atoms with E-state index in [1.807, 2.05) is 42.5 Å². The molecule has 0 aliphatic rings. The summed E-state index contributed by atoms with van der Waals surface area (Å²) in [6.45, 7) is 0.277. The largest absolute Gasteiger partial charge is 0.472 e. The Labute approximate surface area is 127 Å². The molecular formula is C17H11ClN2O. The highest BCUT2D eigenvalue weighted by atomic mass is 35.5. The number of halogens is 1. The normalized spacial score (nSPS) is 10.3. The molecule has 0 atom stereocenters. The van der Waals surface area contributed by atoms with Crippen LogP contribution in [-0.2, 0) is 6.61 Å². The molecule has 3 nitrogen and oxygen atoms in total.